The lowest BCUT2D eigenvalue weighted by molar-refractivity contribution is 0.194. The standard InChI is InChI=1S/C15H17NO3/c1-10-4-7-14(15(8-10)18-3)19-12-5-6-13(11(2)17)16-9-12/h4-9,11,17H,1-3H3/t11-/m1/s1. The predicted molar refractivity (Wildman–Crippen MR) is 72.7 cm³/mol. The molecule has 1 aromatic heterocycles. The molecule has 4 heteroatoms. The highest BCUT2D eigenvalue weighted by Crippen LogP contribution is 2.32. The summed E-state index contributed by atoms with van der Waals surface area (Å²) in [5.41, 5.74) is 1.72. The Hall–Kier alpha value is -2.07. The van der Waals surface area contributed by atoms with Crippen LogP contribution in [0.3, 0.4) is 0 Å². The molecule has 2 rings (SSSR count). The van der Waals surface area contributed by atoms with Crippen LogP contribution in [0, 0.1) is 6.92 Å². The second-order valence-corrected chi connectivity index (χ2v) is 4.35. The maximum atomic E-state index is 9.39. The molecule has 1 N–H and O–H groups in total. The number of methoxy groups -OCH3 is 1. The molecule has 100 valence electrons. The summed E-state index contributed by atoms with van der Waals surface area (Å²) in [7, 11) is 1.61. The van der Waals surface area contributed by atoms with E-state index in [-0.39, 0.29) is 0 Å². The van der Waals surface area contributed by atoms with Crippen LogP contribution in [0.15, 0.2) is 36.5 Å². The van der Waals surface area contributed by atoms with E-state index in [9.17, 15) is 5.11 Å². The SMILES string of the molecule is COc1cc(C)ccc1Oc1ccc([C@@H](C)O)nc1. The Labute approximate surface area is 112 Å². The second-order valence-electron chi connectivity index (χ2n) is 4.35. The Bertz CT molecular complexity index is 550. The maximum Gasteiger partial charge on any atom is 0.169 e. The van der Waals surface area contributed by atoms with Crippen molar-refractivity contribution < 1.29 is 14.6 Å². The fourth-order valence-electron chi connectivity index (χ4n) is 1.69. The van der Waals surface area contributed by atoms with Gasteiger partial charge in [0.1, 0.15) is 5.75 Å². The van der Waals surface area contributed by atoms with Crippen molar-refractivity contribution >= 4 is 0 Å². The smallest absolute Gasteiger partial charge is 0.169 e. The Morgan fingerprint density at radius 1 is 1.16 bits per heavy atom. The van der Waals surface area contributed by atoms with Gasteiger partial charge in [0, 0.05) is 0 Å². The van der Waals surface area contributed by atoms with Gasteiger partial charge in [-0.25, -0.2) is 0 Å². The zero-order valence-electron chi connectivity index (χ0n) is 11.3. The van der Waals surface area contributed by atoms with E-state index in [1.54, 1.807) is 32.4 Å². The van der Waals surface area contributed by atoms with E-state index in [0.717, 1.165) is 5.56 Å². The second kappa shape index (κ2) is 5.71. The molecule has 0 saturated heterocycles. The van der Waals surface area contributed by atoms with Crippen molar-refractivity contribution in [1.29, 1.82) is 0 Å². The van der Waals surface area contributed by atoms with Crippen molar-refractivity contribution in [2.24, 2.45) is 0 Å². The highest BCUT2D eigenvalue weighted by atomic mass is 16.5. The minimum atomic E-state index is -0.581. The molecule has 0 aliphatic rings. The number of aromatic nitrogens is 1. The van der Waals surface area contributed by atoms with Crippen LogP contribution in [0.4, 0.5) is 0 Å². The average Bonchev–Trinajstić information content (AvgIpc) is 2.41. The van der Waals surface area contributed by atoms with E-state index in [4.69, 9.17) is 9.47 Å². The van der Waals surface area contributed by atoms with E-state index >= 15 is 0 Å². The summed E-state index contributed by atoms with van der Waals surface area (Å²) in [4.78, 5) is 4.13. The fourth-order valence-corrected chi connectivity index (χ4v) is 1.69. The van der Waals surface area contributed by atoms with Gasteiger partial charge in [0.25, 0.3) is 0 Å². The van der Waals surface area contributed by atoms with Gasteiger partial charge >= 0.3 is 0 Å². The molecular weight excluding hydrogens is 242 g/mol. The summed E-state index contributed by atoms with van der Waals surface area (Å²) in [5.74, 6) is 1.92. The number of benzene rings is 1. The quantitative estimate of drug-likeness (QED) is 0.915. The number of hydrogen-bond donors (Lipinski definition) is 1. The Balaban J connectivity index is 2.21. The van der Waals surface area contributed by atoms with Crippen LogP contribution in [0.2, 0.25) is 0 Å². The molecular formula is C15H17NO3. The number of aliphatic hydroxyl groups is 1. The minimum Gasteiger partial charge on any atom is -0.493 e. The average molecular weight is 259 g/mol. The molecule has 19 heavy (non-hydrogen) atoms. The zero-order valence-corrected chi connectivity index (χ0v) is 11.3. The van der Waals surface area contributed by atoms with Crippen LogP contribution in [0.25, 0.3) is 0 Å². The first-order valence-corrected chi connectivity index (χ1v) is 6.06. The number of aliphatic hydroxyl groups excluding tert-OH is 1. The van der Waals surface area contributed by atoms with Crippen LogP contribution in [0.1, 0.15) is 24.3 Å². The summed E-state index contributed by atoms with van der Waals surface area (Å²) >= 11 is 0. The molecule has 0 amide bonds. The number of ether oxygens (including phenoxy) is 2. The molecule has 1 heterocycles. The van der Waals surface area contributed by atoms with Crippen LogP contribution in [-0.4, -0.2) is 17.2 Å². The Kier molecular flexibility index (Phi) is 4.02. The molecule has 0 aliphatic heterocycles. The molecule has 1 atom stereocenters. The van der Waals surface area contributed by atoms with E-state index in [1.165, 1.54) is 0 Å². The fraction of sp³-hybridized carbons (Fsp3) is 0.267. The van der Waals surface area contributed by atoms with Crippen LogP contribution >= 0.6 is 0 Å². The van der Waals surface area contributed by atoms with Crippen LogP contribution in [0.5, 0.6) is 17.2 Å². The lowest BCUT2D eigenvalue weighted by Crippen LogP contribution is -1.96. The highest BCUT2D eigenvalue weighted by Gasteiger charge is 2.07. The Morgan fingerprint density at radius 2 is 1.95 bits per heavy atom. The van der Waals surface area contributed by atoms with Crippen molar-refractivity contribution in [2.75, 3.05) is 7.11 Å². The highest BCUT2D eigenvalue weighted by molar-refractivity contribution is 5.44. The van der Waals surface area contributed by atoms with Crippen molar-refractivity contribution in [3.63, 3.8) is 0 Å². The third kappa shape index (κ3) is 3.23. The zero-order chi connectivity index (χ0) is 13.8. The maximum absolute atomic E-state index is 9.39. The molecule has 2 aromatic rings. The summed E-state index contributed by atoms with van der Waals surface area (Å²) in [6.45, 7) is 3.66. The molecule has 1 aromatic carbocycles. The molecule has 0 saturated carbocycles. The number of hydrogen-bond acceptors (Lipinski definition) is 4. The predicted octanol–water partition coefficient (Wildman–Crippen LogP) is 3.24. The number of nitrogens with zero attached hydrogens (tertiary/aromatic N) is 1. The number of pyridine rings is 1. The van der Waals surface area contributed by atoms with Gasteiger partial charge in [-0.05, 0) is 43.7 Å². The van der Waals surface area contributed by atoms with Gasteiger partial charge in [0.05, 0.1) is 25.1 Å². The van der Waals surface area contributed by atoms with Gasteiger partial charge in [-0.3, -0.25) is 4.98 Å². The van der Waals surface area contributed by atoms with E-state index in [0.29, 0.717) is 22.9 Å². The summed E-state index contributed by atoms with van der Waals surface area (Å²) in [6.07, 6.45) is 1.00. The topological polar surface area (TPSA) is 51.6 Å². The molecule has 0 fully saturated rings. The normalized spacial score (nSPS) is 12.0. The van der Waals surface area contributed by atoms with Gasteiger partial charge < -0.3 is 14.6 Å². The van der Waals surface area contributed by atoms with E-state index in [2.05, 4.69) is 4.98 Å². The minimum absolute atomic E-state index is 0.581. The third-order valence-corrected chi connectivity index (χ3v) is 2.73. The van der Waals surface area contributed by atoms with Gasteiger partial charge in [0.2, 0.25) is 0 Å². The van der Waals surface area contributed by atoms with E-state index < -0.39 is 6.10 Å². The lowest BCUT2D eigenvalue weighted by Gasteiger charge is -2.11. The molecule has 0 aliphatic carbocycles. The van der Waals surface area contributed by atoms with Crippen LogP contribution < -0.4 is 9.47 Å². The first kappa shape index (κ1) is 13.4. The van der Waals surface area contributed by atoms with Crippen molar-refractivity contribution in [3.8, 4) is 17.2 Å². The van der Waals surface area contributed by atoms with Gasteiger partial charge in [-0.1, -0.05) is 6.07 Å². The van der Waals surface area contributed by atoms with Crippen molar-refractivity contribution in [2.45, 2.75) is 20.0 Å². The molecule has 0 unspecified atom stereocenters. The van der Waals surface area contributed by atoms with Crippen LogP contribution in [-0.2, 0) is 0 Å². The van der Waals surface area contributed by atoms with Gasteiger partial charge in [0.15, 0.2) is 11.5 Å². The summed E-state index contributed by atoms with van der Waals surface area (Å²) in [6, 6.07) is 9.23. The third-order valence-electron chi connectivity index (χ3n) is 2.73. The Morgan fingerprint density at radius 3 is 2.53 bits per heavy atom. The first-order chi connectivity index (χ1) is 9.10. The van der Waals surface area contributed by atoms with Gasteiger partial charge in [-0.2, -0.15) is 0 Å². The van der Waals surface area contributed by atoms with Crippen molar-refractivity contribution in [3.05, 3.63) is 47.8 Å². The number of aryl methyl sites for hydroxylation is 1. The number of rotatable bonds is 4. The lowest BCUT2D eigenvalue weighted by atomic mass is 10.2. The van der Waals surface area contributed by atoms with Gasteiger partial charge in [-0.15, -0.1) is 0 Å². The molecule has 4 nitrogen and oxygen atoms in total. The first-order valence-electron chi connectivity index (χ1n) is 6.06. The van der Waals surface area contributed by atoms with E-state index in [1.807, 2.05) is 25.1 Å². The molecule has 0 bridgehead atoms. The summed E-state index contributed by atoms with van der Waals surface area (Å²) in [5, 5.41) is 9.39. The molecule has 0 spiro atoms. The monoisotopic (exact) mass is 259 g/mol. The molecule has 0 radical (unpaired) electrons. The largest absolute Gasteiger partial charge is 0.493 e. The van der Waals surface area contributed by atoms with Crippen molar-refractivity contribution in [1.82, 2.24) is 4.98 Å². The summed E-state index contributed by atoms with van der Waals surface area (Å²) < 4.78 is 11.0.